The first-order chi connectivity index (χ1) is 21.9. The lowest BCUT2D eigenvalue weighted by atomic mass is 9.98. The Morgan fingerprint density at radius 3 is 2.44 bits per heavy atom. The van der Waals surface area contributed by atoms with E-state index in [1.54, 1.807) is 6.07 Å². The van der Waals surface area contributed by atoms with Gasteiger partial charge in [0, 0.05) is 24.6 Å². The Morgan fingerprint density at radius 1 is 1.00 bits per heavy atom. The van der Waals surface area contributed by atoms with Crippen LogP contribution in [0.1, 0.15) is 56.3 Å². The highest BCUT2D eigenvalue weighted by Gasteiger charge is 2.59. The number of para-hydroxylation sites is 1. The summed E-state index contributed by atoms with van der Waals surface area (Å²) < 4.78 is 17.5. The van der Waals surface area contributed by atoms with Crippen LogP contribution in [0, 0.1) is 0 Å². The van der Waals surface area contributed by atoms with Crippen LogP contribution in [0.2, 0.25) is 0 Å². The first-order valence-corrected chi connectivity index (χ1v) is 15.3. The molecule has 45 heavy (non-hydrogen) atoms. The van der Waals surface area contributed by atoms with E-state index in [2.05, 4.69) is 25.9 Å². The molecule has 234 valence electrons. The van der Waals surface area contributed by atoms with Gasteiger partial charge in [0.1, 0.15) is 30.6 Å². The van der Waals surface area contributed by atoms with Crippen LogP contribution in [0.4, 0.5) is 21.9 Å². The molecule has 2 unspecified atom stereocenters. The van der Waals surface area contributed by atoms with E-state index in [9.17, 15) is 14.7 Å². The molecule has 0 amide bonds. The van der Waals surface area contributed by atoms with Crippen LogP contribution in [-0.4, -0.2) is 64.5 Å². The number of aromatic nitrogens is 4. The lowest BCUT2D eigenvalue weighted by molar-refractivity contribution is -0.255. The zero-order valence-corrected chi connectivity index (χ0v) is 25.3. The zero-order chi connectivity index (χ0) is 31.4. The number of carbonyl (C=O) groups excluding carboxylic acids is 2. The number of hydrogen-bond acceptors (Lipinski definition) is 10. The summed E-state index contributed by atoms with van der Waals surface area (Å²) in [6, 6.07) is 20.6. The largest absolute Gasteiger partial charge is 0.545 e. The highest BCUT2D eigenvalue weighted by molar-refractivity contribution is 5.99. The second-order valence-corrected chi connectivity index (χ2v) is 11.4. The van der Waals surface area contributed by atoms with Gasteiger partial charge in [-0.05, 0) is 78.4 Å². The molecule has 0 bridgehead atoms. The van der Waals surface area contributed by atoms with Crippen molar-refractivity contribution in [3.63, 3.8) is 0 Å². The molecule has 1 aliphatic carbocycles. The third-order valence-electron chi connectivity index (χ3n) is 8.77. The van der Waals surface area contributed by atoms with E-state index in [4.69, 9.17) is 14.2 Å². The number of aromatic carboxylic acids is 1. The molecule has 1 saturated carbocycles. The summed E-state index contributed by atoms with van der Waals surface area (Å²) in [5.74, 6) is -1.94. The number of nitrogens with zero attached hydrogens (tertiary/aromatic N) is 4. The number of anilines is 1. The maximum atomic E-state index is 12.7. The molecule has 1 aromatic heterocycles. The van der Waals surface area contributed by atoms with Gasteiger partial charge in [0.2, 0.25) is 0 Å². The van der Waals surface area contributed by atoms with E-state index in [-0.39, 0.29) is 29.3 Å². The molecule has 2 aliphatic rings. The summed E-state index contributed by atoms with van der Waals surface area (Å²) in [5.41, 5.74) is 4.41. The molecule has 2 N–H and O–H groups in total. The van der Waals surface area contributed by atoms with Crippen LogP contribution in [0.15, 0.2) is 66.7 Å². The van der Waals surface area contributed by atoms with Crippen molar-refractivity contribution < 1.29 is 28.9 Å². The van der Waals surface area contributed by atoms with Crippen molar-refractivity contribution >= 4 is 29.2 Å². The lowest BCUT2D eigenvalue weighted by Crippen LogP contribution is -2.64. The Balaban J connectivity index is 1.41. The quantitative estimate of drug-likeness (QED) is 0.182. The van der Waals surface area contributed by atoms with Crippen LogP contribution < -0.4 is 14.9 Å². The predicted octanol–water partition coefficient (Wildman–Crippen LogP) is 5.16. The molecule has 0 radical (unpaired) electrons. The van der Waals surface area contributed by atoms with Crippen molar-refractivity contribution in [2.75, 3.05) is 25.1 Å². The molecule has 0 saturated heterocycles. The van der Waals surface area contributed by atoms with E-state index in [0.717, 1.165) is 54.5 Å². The van der Waals surface area contributed by atoms with Crippen molar-refractivity contribution in [3.8, 4) is 22.5 Å². The third kappa shape index (κ3) is 5.62. The minimum atomic E-state index is -1.32. The number of H-pyrrole nitrogens is 1. The monoisotopic (exact) mass is 612 g/mol. The van der Waals surface area contributed by atoms with Crippen LogP contribution in [0.5, 0.6) is 0 Å². The maximum absolute atomic E-state index is 12.7. The second-order valence-electron chi connectivity index (χ2n) is 11.4. The minimum absolute atomic E-state index is 0.0143. The molecule has 12 heteroatoms. The van der Waals surface area contributed by atoms with Gasteiger partial charge >= 0.3 is 6.16 Å². The molecule has 1 aliphatic heterocycles. The lowest BCUT2D eigenvalue weighted by Gasteiger charge is -2.45. The standard InChI is InChI=1S/C33H36N6O6/c1-3-44-33(2)34-28-15-9-14-27(31(40)41)29(28)39(33,20-21-43-32(42)45-24-10-5-4-6-11-24)23-18-16-22(17-19-23)25-12-7-8-13-26(25)30-35-37-38-36-30/h7-9,12-19,24,34H,3-6,10-11,20-21H2,1-2H3,(H-,35,36,37,38,40,41). The van der Waals surface area contributed by atoms with E-state index in [0.29, 0.717) is 23.8 Å². The van der Waals surface area contributed by atoms with Crippen LogP contribution in [-0.2, 0) is 14.2 Å². The Hall–Kier alpha value is -4.81. The molecule has 2 atom stereocenters. The fourth-order valence-electron chi connectivity index (χ4n) is 6.77. The number of fused-ring (bicyclic) bond motifs is 1. The average Bonchev–Trinajstić information content (AvgIpc) is 3.67. The summed E-state index contributed by atoms with van der Waals surface area (Å²) in [7, 11) is 0. The smallest absolute Gasteiger partial charge is 0.508 e. The van der Waals surface area contributed by atoms with Crippen molar-refractivity contribution in [2.24, 2.45) is 0 Å². The van der Waals surface area contributed by atoms with Gasteiger partial charge in [-0.25, -0.2) is 14.4 Å². The fraction of sp³-hybridized carbons (Fsp3) is 0.364. The number of carbonyl (C=O) groups is 2. The van der Waals surface area contributed by atoms with Gasteiger partial charge in [0.05, 0.1) is 18.1 Å². The zero-order valence-electron chi connectivity index (χ0n) is 25.3. The van der Waals surface area contributed by atoms with E-state index >= 15 is 0 Å². The highest BCUT2D eigenvalue weighted by atomic mass is 16.7. The van der Waals surface area contributed by atoms with Crippen molar-refractivity contribution in [2.45, 2.75) is 57.9 Å². The molecule has 6 rings (SSSR count). The number of nitrogens with one attached hydrogen (secondary N) is 2. The topological polar surface area (TPSA) is 151 Å². The summed E-state index contributed by atoms with van der Waals surface area (Å²) in [5, 5.41) is 30.3. The van der Waals surface area contributed by atoms with Gasteiger partial charge in [-0.2, -0.15) is 0 Å². The SMILES string of the molecule is CCOC1(C)Nc2cccc(C(=O)[O-])c2[N+]1(CCOC(=O)OC1CCCCC1)c1ccc(-c2ccccc2-c2nnn[nH]2)cc1. The summed E-state index contributed by atoms with van der Waals surface area (Å²) >= 11 is 0. The van der Waals surface area contributed by atoms with Gasteiger partial charge in [0.15, 0.2) is 11.5 Å². The number of ether oxygens (including phenoxy) is 3. The first kappa shape index (κ1) is 30.2. The molecule has 4 aromatic rings. The molecule has 0 spiro atoms. The van der Waals surface area contributed by atoms with Gasteiger partial charge in [0.25, 0.3) is 5.85 Å². The predicted molar refractivity (Wildman–Crippen MR) is 165 cm³/mol. The van der Waals surface area contributed by atoms with Crippen LogP contribution in [0.3, 0.4) is 0 Å². The number of benzene rings is 3. The van der Waals surface area contributed by atoms with E-state index in [1.165, 1.54) is 6.07 Å². The molecular formula is C33H36N6O6. The Labute approximate surface area is 260 Å². The number of aromatic amines is 1. The van der Waals surface area contributed by atoms with Crippen LogP contribution in [0.25, 0.3) is 22.5 Å². The first-order valence-electron chi connectivity index (χ1n) is 15.3. The fourth-order valence-corrected chi connectivity index (χ4v) is 6.77. The molecular weight excluding hydrogens is 576 g/mol. The Bertz CT molecular complexity index is 1660. The number of quaternary nitrogens is 1. The van der Waals surface area contributed by atoms with Gasteiger partial charge < -0.3 is 29.4 Å². The van der Waals surface area contributed by atoms with Gasteiger partial charge in [-0.15, -0.1) is 5.10 Å². The Morgan fingerprint density at radius 2 is 1.76 bits per heavy atom. The third-order valence-corrected chi connectivity index (χ3v) is 8.77. The maximum Gasteiger partial charge on any atom is 0.508 e. The summed E-state index contributed by atoms with van der Waals surface area (Å²) in [6.07, 6.45) is 3.96. The number of hydrogen-bond donors (Lipinski definition) is 2. The summed E-state index contributed by atoms with van der Waals surface area (Å²) in [4.78, 5) is 25.3. The molecule has 3 aromatic carbocycles. The molecule has 2 heterocycles. The number of rotatable bonds is 10. The highest BCUT2D eigenvalue weighted by Crippen LogP contribution is 2.54. The van der Waals surface area contributed by atoms with Gasteiger partial charge in [-0.3, -0.25) is 0 Å². The number of tetrazole rings is 1. The Kier molecular flexibility index (Phi) is 8.50. The normalized spacial score (nSPS) is 21.1. The minimum Gasteiger partial charge on any atom is -0.545 e. The van der Waals surface area contributed by atoms with E-state index < -0.39 is 18.0 Å². The van der Waals surface area contributed by atoms with Crippen molar-refractivity contribution in [1.82, 2.24) is 25.1 Å². The van der Waals surface area contributed by atoms with E-state index in [1.807, 2.05) is 68.4 Å². The van der Waals surface area contributed by atoms with Crippen molar-refractivity contribution in [3.05, 3.63) is 72.3 Å². The number of carboxylic acid groups (broad SMARTS) is 1. The average molecular weight is 613 g/mol. The molecule has 1 fully saturated rings. The van der Waals surface area contributed by atoms with Crippen LogP contribution >= 0.6 is 0 Å². The van der Waals surface area contributed by atoms with Gasteiger partial charge in [-0.1, -0.05) is 36.8 Å². The number of carboxylic acids is 1. The second kappa shape index (κ2) is 12.7. The van der Waals surface area contributed by atoms with Crippen molar-refractivity contribution in [1.29, 1.82) is 0 Å². The summed E-state index contributed by atoms with van der Waals surface area (Å²) in [6.45, 7) is 4.18. The molecule has 12 nitrogen and oxygen atoms in total.